The molecule has 0 bridgehead atoms. The van der Waals surface area contributed by atoms with Crippen molar-refractivity contribution in [2.75, 3.05) is 24.5 Å². The fraction of sp³-hybridized carbons (Fsp3) is 0.600. The summed E-state index contributed by atoms with van der Waals surface area (Å²) in [6.45, 7) is 3.68. The first-order valence-electron chi connectivity index (χ1n) is 7.52. The lowest BCUT2D eigenvalue weighted by Gasteiger charge is -2.48. The van der Waals surface area contributed by atoms with Crippen LogP contribution in [0.5, 0.6) is 0 Å². The van der Waals surface area contributed by atoms with Gasteiger partial charge in [0.25, 0.3) is 0 Å². The van der Waals surface area contributed by atoms with Crippen molar-refractivity contribution in [2.24, 2.45) is 5.92 Å². The Morgan fingerprint density at radius 2 is 1.90 bits per heavy atom. The van der Waals surface area contributed by atoms with Crippen LogP contribution in [0.15, 0.2) is 29.2 Å². The molecule has 116 valence electrons. The second-order valence-corrected chi connectivity index (χ2v) is 7.89. The Labute approximate surface area is 126 Å². The summed E-state index contributed by atoms with van der Waals surface area (Å²) in [5.74, 6) is 0.464. The topological polar surface area (TPSA) is 69.6 Å². The maximum Gasteiger partial charge on any atom is 0.240 e. The lowest BCUT2D eigenvalue weighted by atomic mass is 9.88. The fourth-order valence-corrected chi connectivity index (χ4v) is 3.97. The Bertz CT molecular complexity index is 602. The largest absolute Gasteiger partial charge is 0.386 e. The van der Waals surface area contributed by atoms with E-state index >= 15 is 0 Å². The van der Waals surface area contributed by atoms with Gasteiger partial charge in [-0.15, -0.1) is 0 Å². The van der Waals surface area contributed by atoms with E-state index in [9.17, 15) is 13.5 Å². The zero-order chi connectivity index (χ0) is 15.1. The Kier molecular flexibility index (Phi) is 3.71. The molecular formula is C15H22N2O3S. The van der Waals surface area contributed by atoms with Gasteiger partial charge in [-0.3, -0.25) is 0 Å². The van der Waals surface area contributed by atoms with E-state index in [0.717, 1.165) is 24.9 Å². The van der Waals surface area contributed by atoms with Crippen molar-refractivity contribution >= 4 is 15.7 Å². The molecule has 5 nitrogen and oxygen atoms in total. The van der Waals surface area contributed by atoms with E-state index in [-0.39, 0.29) is 4.90 Å². The average Bonchev–Trinajstić information content (AvgIpc) is 3.27. The average molecular weight is 310 g/mol. The smallest absolute Gasteiger partial charge is 0.240 e. The quantitative estimate of drug-likeness (QED) is 0.832. The Morgan fingerprint density at radius 3 is 2.43 bits per heavy atom. The van der Waals surface area contributed by atoms with E-state index < -0.39 is 15.6 Å². The maximum atomic E-state index is 12.0. The van der Waals surface area contributed by atoms with Crippen LogP contribution in [-0.2, 0) is 10.0 Å². The lowest BCUT2D eigenvalue weighted by Crippen LogP contribution is -2.63. The van der Waals surface area contributed by atoms with E-state index in [1.807, 2.05) is 19.1 Å². The highest BCUT2D eigenvalue weighted by Crippen LogP contribution is 2.45. The molecule has 1 aromatic carbocycles. The van der Waals surface area contributed by atoms with Crippen LogP contribution < -0.4 is 9.62 Å². The van der Waals surface area contributed by atoms with Crippen LogP contribution in [0.25, 0.3) is 0 Å². The number of sulfonamides is 1. The van der Waals surface area contributed by atoms with Crippen LogP contribution in [0.4, 0.5) is 5.69 Å². The van der Waals surface area contributed by atoms with Crippen LogP contribution in [0.2, 0.25) is 0 Å². The molecule has 0 unspecified atom stereocenters. The van der Waals surface area contributed by atoms with Gasteiger partial charge in [0.05, 0.1) is 4.90 Å². The Hall–Kier alpha value is -1.11. The van der Waals surface area contributed by atoms with Crippen LogP contribution in [0, 0.1) is 5.92 Å². The van der Waals surface area contributed by atoms with Crippen molar-refractivity contribution in [1.82, 2.24) is 4.72 Å². The van der Waals surface area contributed by atoms with Crippen LogP contribution >= 0.6 is 0 Å². The van der Waals surface area contributed by atoms with Crippen LogP contribution in [0.1, 0.15) is 26.2 Å². The molecule has 0 radical (unpaired) electrons. The number of hydrogen-bond acceptors (Lipinski definition) is 4. The molecule has 0 spiro atoms. The first-order chi connectivity index (χ1) is 9.94. The third kappa shape index (κ3) is 2.93. The fourth-order valence-electron chi connectivity index (χ4n) is 2.83. The SMILES string of the molecule is CCCNS(=O)(=O)c1ccc(N2CC(O)(C3CC3)C2)cc1. The number of hydrogen-bond donors (Lipinski definition) is 2. The number of benzene rings is 1. The highest BCUT2D eigenvalue weighted by molar-refractivity contribution is 7.89. The van der Waals surface area contributed by atoms with Crippen molar-refractivity contribution in [3.05, 3.63) is 24.3 Å². The molecule has 2 N–H and O–H groups in total. The molecule has 6 heteroatoms. The second-order valence-electron chi connectivity index (χ2n) is 6.13. The second kappa shape index (κ2) is 5.26. The molecule has 1 saturated carbocycles. The van der Waals surface area contributed by atoms with Crippen LogP contribution in [-0.4, -0.2) is 38.8 Å². The van der Waals surface area contributed by atoms with Gasteiger partial charge in [0, 0.05) is 25.3 Å². The number of aliphatic hydroxyl groups is 1. The van der Waals surface area contributed by atoms with Gasteiger partial charge in [0.1, 0.15) is 5.60 Å². The number of β-amino-alcohol motifs (C(OH)–C–C–N with tert-alkyl or cyclic N) is 1. The molecule has 1 aliphatic heterocycles. The zero-order valence-corrected chi connectivity index (χ0v) is 13.1. The van der Waals surface area contributed by atoms with Gasteiger partial charge in [0.2, 0.25) is 10.0 Å². The van der Waals surface area contributed by atoms with E-state index in [1.165, 1.54) is 0 Å². The molecule has 1 aromatic rings. The number of anilines is 1. The summed E-state index contributed by atoms with van der Waals surface area (Å²) in [6.07, 6.45) is 3.03. The maximum absolute atomic E-state index is 12.0. The molecule has 21 heavy (non-hydrogen) atoms. The van der Waals surface area contributed by atoms with E-state index in [2.05, 4.69) is 9.62 Å². The van der Waals surface area contributed by atoms with Crippen molar-refractivity contribution in [2.45, 2.75) is 36.7 Å². The molecular weight excluding hydrogens is 288 g/mol. The monoisotopic (exact) mass is 310 g/mol. The molecule has 3 rings (SSSR count). The lowest BCUT2D eigenvalue weighted by molar-refractivity contribution is -0.00930. The normalized spacial score (nSPS) is 21.1. The molecule has 1 saturated heterocycles. The van der Waals surface area contributed by atoms with Gasteiger partial charge in [-0.25, -0.2) is 13.1 Å². The minimum absolute atomic E-state index is 0.290. The van der Waals surface area contributed by atoms with E-state index in [1.54, 1.807) is 12.1 Å². The summed E-state index contributed by atoms with van der Waals surface area (Å²) in [6, 6.07) is 6.88. The van der Waals surface area contributed by atoms with Gasteiger partial charge in [-0.2, -0.15) is 0 Å². The molecule has 2 aliphatic rings. The predicted molar refractivity (Wildman–Crippen MR) is 81.8 cm³/mol. The van der Waals surface area contributed by atoms with Crippen molar-refractivity contribution in [3.63, 3.8) is 0 Å². The van der Waals surface area contributed by atoms with E-state index in [4.69, 9.17) is 0 Å². The molecule has 0 atom stereocenters. The minimum atomic E-state index is -3.40. The van der Waals surface area contributed by atoms with Gasteiger partial charge < -0.3 is 10.0 Å². The number of nitrogens with one attached hydrogen (secondary N) is 1. The van der Waals surface area contributed by atoms with Crippen LogP contribution in [0.3, 0.4) is 0 Å². The van der Waals surface area contributed by atoms with Gasteiger partial charge in [-0.1, -0.05) is 6.92 Å². The van der Waals surface area contributed by atoms with E-state index in [0.29, 0.717) is 25.6 Å². The first kappa shape index (κ1) is 14.8. The van der Waals surface area contributed by atoms with Crippen molar-refractivity contribution in [3.8, 4) is 0 Å². The summed E-state index contributed by atoms with van der Waals surface area (Å²) in [5.41, 5.74) is 0.447. The molecule has 1 aliphatic carbocycles. The highest BCUT2D eigenvalue weighted by atomic mass is 32.2. The summed E-state index contributed by atoms with van der Waals surface area (Å²) in [5, 5.41) is 10.3. The van der Waals surface area contributed by atoms with Gasteiger partial charge in [-0.05, 0) is 49.4 Å². The Balaban J connectivity index is 1.65. The Morgan fingerprint density at radius 1 is 1.29 bits per heavy atom. The standard InChI is InChI=1S/C15H22N2O3S/c1-2-9-16-21(19,20)14-7-5-13(6-8-14)17-10-15(18,11-17)12-3-4-12/h5-8,12,16,18H,2-4,9-11H2,1H3. The molecule has 2 fully saturated rings. The molecule has 0 aromatic heterocycles. The highest BCUT2D eigenvalue weighted by Gasteiger charge is 2.51. The summed E-state index contributed by atoms with van der Waals surface area (Å²) in [4.78, 5) is 2.38. The van der Waals surface area contributed by atoms with Crippen molar-refractivity contribution < 1.29 is 13.5 Å². The van der Waals surface area contributed by atoms with Gasteiger partial charge in [0.15, 0.2) is 0 Å². The van der Waals surface area contributed by atoms with Gasteiger partial charge >= 0.3 is 0 Å². The zero-order valence-electron chi connectivity index (χ0n) is 12.2. The summed E-state index contributed by atoms with van der Waals surface area (Å²) < 4.78 is 26.5. The number of rotatable bonds is 6. The summed E-state index contributed by atoms with van der Waals surface area (Å²) in [7, 11) is -3.40. The third-order valence-electron chi connectivity index (χ3n) is 4.32. The predicted octanol–water partition coefficient (Wildman–Crippen LogP) is 1.34. The molecule has 1 heterocycles. The van der Waals surface area contributed by atoms with Crippen molar-refractivity contribution in [1.29, 1.82) is 0 Å². The first-order valence-corrected chi connectivity index (χ1v) is 9.00. The minimum Gasteiger partial charge on any atom is -0.386 e. The third-order valence-corrected chi connectivity index (χ3v) is 5.80. The molecule has 0 amide bonds. The summed E-state index contributed by atoms with van der Waals surface area (Å²) >= 11 is 0. The number of nitrogens with zero attached hydrogens (tertiary/aromatic N) is 1.